The zero-order chi connectivity index (χ0) is 23.6. The maximum absolute atomic E-state index is 5.33. The lowest BCUT2D eigenvalue weighted by atomic mass is 10.1. The predicted octanol–water partition coefficient (Wildman–Crippen LogP) is 6.83. The van der Waals surface area contributed by atoms with Crippen molar-refractivity contribution in [1.29, 1.82) is 0 Å². The molecule has 3 aromatic carbocycles. The first kappa shape index (κ1) is 27.9. The SMILES string of the molecule is CCSC(=Nc1ccc(N(C)C)cc1)N(Cc1ccc(OC)cc1)Cc1ccc(OC)cc1.I. The summed E-state index contributed by atoms with van der Waals surface area (Å²) in [6.45, 7) is 3.66. The van der Waals surface area contributed by atoms with Crippen LogP contribution in [-0.2, 0) is 13.1 Å². The van der Waals surface area contributed by atoms with Gasteiger partial charge in [-0.2, -0.15) is 0 Å². The van der Waals surface area contributed by atoms with Gasteiger partial charge in [0.2, 0.25) is 0 Å². The van der Waals surface area contributed by atoms with Gasteiger partial charge in [-0.3, -0.25) is 0 Å². The van der Waals surface area contributed by atoms with Gasteiger partial charge in [0.05, 0.1) is 19.9 Å². The fourth-order valence-electron chi connectivity index (χ4n) is 3.35. The molecule has 0 aliphatic rings. The summed E-state index contributed by atoms with van der Waals surface area (Å²) in [5, 5.41) is 1.00. The Morgan fingerprint density at radius 3 is 1.62 bits per heavy atom. The number of hydrogen-bond donors (Lipinski definition) is 0. The molecule has 0 N–H and O–H groups in total. The van der Waals surface area contributed by atoms with Gasteiger partial charge in [0.15, 0.2) is 5.17 Å². The van der Waals surface area contributed by atoms with E-state index in [0.717, 1.165) is 46.9 Å². The van der Waals surface area contributed by atoms with Crippen molar-refractivity contribution in [1.82, 2.24) is 4.90 Å². The lowest BCUT2D eigenvalue weighted by molar-refractivity contribution is 0.405. The van der Waals surface area contributed by atoms with Crippen molar-refractivity contribution in [3.63, 3.8) is 0 Å². The Kier molecular flexibility index (Phi) is 11.6. The van der Waals surface area contributed by atoms with Crippen LogP contribution in [0.25, 0.3) is 0 Å². The number of anilines is 1. The Bertz CT molecular complexity index is 974. The summed E-state index contributed by atoms with van der Waals surface area (Å²) < 4.78 is 10.7. The molecule has 3 aromatic rings. The second kappa shape index (κ2) is 14.1. The Hall–Kier alpha value is -2.39. The van der Waals surface area contributed by atoms with E-state index in [2.05, 4.69) is 65.3 Å². The number of hydrogen-bond acceptors (Lipinski definition) is 5. The van der Waals surface area contributed by atoms with Crippen molar-refractivity contribution < 1.29 is 9.47 Å². The minimum Gasteiger partial charge on any atom is -0.497 e. The Balaban J connectivity index is 0.00000408. The highest BCUT2D eigenvalue weighted by Crippen LogP contribution is 2.24. The van der Waals surface area contributed by atoms with E-state index in [1.807, 2.05) is 38.4 Å². The number of methoxy groups -OCH3 is 2. The fraction of sp³-hybridized carbons (Fsp3) is 0.296. The highest BCUT2D eigenvalue weighted by molar-refractivity contribution is 14.0. The molecule has 0 saturated heterocycles. The van der Waals surface area contributed by atoms with Crippen molar-refractivity contribution in [2.24, 2.45) is 4.99 Å². The summed E-state index contributed by atoms with van der Waals surface area (Å²) in [5.74, 6) is 2.66. The number of thioether (sulfide) groups is 1. The van der Waals surface area contributed by atoms with Crippen LogP contribution in [0.5, 0.6) is 11.5 Å². The number of halogens is 1. The standard InChI is InChI=1S/C27H33N3O2S.HI/c1-6-33-27(28-23-11-13-24(14-12-23)29(2)3)30(19-21-7-15-25(31-4)16-8-21)20-22-9-17-26(32-5)18-10-22;/h7-18H,6,19-20H2,1-5H3;1H. The molecule has 0 atom stereocenters. The van der Waals surface area contributed by atoms with Gasteiger partial charge in [-0.1, -0.05) is 43.0 Å². The van der Waals surface area contributed by atoms with Gasteiger partial charge in [-0.15, -0.1) is 24.0 Å². The summed E-state index contributed by atoms with van der Waals surface area (Å²) >= 11 is 1.76. The van der Waals surface area contributed by atoms with Crippen LogP contribution in [0.4, 0.5) is 11.4 Å². The number of benzene rings is 3. The zero-order valence-electron chi connectivity index (χ0n) is 20.5. The molecule has 0 unspecified atom stereocenters. The molecular weight excluding hydrogens is 557 g/mol. The summed E-state index contributed by atoms with van der Waals surface area (Å²) in [5.41, 5.74) is 4.52. The Labute approximate surface area is 225 Å². The van der Waals surface area contributed by atoms with Crippen LogP contribution in [-0.4, -0.2) is 44.1 Å². The molecule has 0 aliphatic heterocycles. The average molecular weight is 592 g/mol. The molecule has 0 spiro atoms. The van der Waals surface area contributed by atoms with Crippen molar-refractivity contribution >= 4 is 52.3 Å². The number of nitrogens with zero attached hydrogens (tertiary/aromatic N) is 3. The predicted molar refractivity (Wildman–Crippen MR) is 157 cm³/mol. The number of aliphatic imine (C=N–C) groups is 1. The maximum Gasteiger partial charge on any atom is 0.164 e. The molecule has 0 aliphatic carbocycles. The molecule has 0 bridgehead atoms. The highest BCUT2D eigenvalue weighted by Gasteiger charge is 2.14. The molecule has 0 fully saturated rings. The molecule has 7 heteroatoms. The van der Waals surface area contributed by atoms with Gasteiger partial charge in [-0.25, -0.2) is 4.99 Å². The summed E-state index contributed by atoms with van der Waals surface area (Å²) in [4.78, 5) is 9.47. The second-order valence-electron chi connectivity index (χ2n) is 7.79. The number of amidine groups is 1. The van der Waals surface area contributed by atoms with Crippen LogP contribution in [0.2, 0.25) is 0 Å². The third kappa shape index (κ3) is 8.13. The normalized spacial score (nSPS) is 10.9. The lowest BCUT2D eigenvalue weighted by Crippen LogP contribution is -2.28. The third-order valence-electron chi connectivity index (χ3n) is 5.20. The van der Waals surface area contributed by atoms with Crippen LogP contribution < -0.4 is 14.4 Å². The van der Waals surface area contributed by atoms with Crippen molar-refractivity contribution in [3.8, 4) is 11.5 Å². The summed E-state index contributed by atoms with van der Waals surface area (Å²) in [6, 6.07) is 24.8. The van der Waals surface area contributed by atoms with Crippen molar-refractivity contribution in [3.05, 3.63) is 83.9 Å². The largest absolute Gasteiger partial charge is 0.497 e. The molecule has 0 saturated carbocycles. The minimum atomic E-state index is 0. The molecular formula is C27H34IN3O2S. The zero-order valence-corrected chi connectivity index (χ0v) is 23.7. The van der Waals surface area contributed by atoms with E-state index in [0.29, 0.717) is 0 Å². The fourth-order valence-corrected chi connectivity index (χ4v) is 4.09. The van der Waals surface area contributed by atoms with Gasteiger partial charge >= 0.3 is 0 Å². The summed E-state index contributed by atoms with van der Waals surface area (Å²) in [7, 11) is 7.47. The van der Waals surface area contributed by atoms with E-state index in [9.17, 15) is 0 Å². The van der Waals surface area contributed by atoms with Gasteiger partial charge < -0.3 is 19.3 Å². The van der Waals surface area contributed by atoms with Crippen LogP contribution in [0.3, 0.4) is 0 Å². The van der Waals surface area contributed by atoms with Crippen LogP contribution in [0, 0.1) is 0 Å². The molecule has 0 heterocycles. The van der Waals surface area contributed by atoms with Gasteiger partial charge in [0, 0.05) is 32.9 Å². The molecule has 3 rings (SSSR count). The van der Waals surface area contributed by atoms with E-state index >= 15 is 0 Å². The van der Waals surface area contributed by atoms with Gasteiger partial charge in [0.25, 0.3) is 0 Å². The van der Waals surface area contributed by atoms with Crippen LogP contribution >= 0.6 is 35.7 Å². The smallest absolute Gasteiger partial charge is 0.164 e. The highest BCUT2D eigenvalue weighted by atomic mass is 127. The van der Waals surface area contributed by atoms with E-state index in [-0.39, 0.29) is 24.0 Å². The monoisotopic (exact) mass is 591 g/mol. The Morgan fingerprint density at radius 2 is 1.24 bits per heavy atom. The third-order valence-corrected chi connectivity index (χ3v) is 6.10. The Morgan fingerprint density at radius 1 is 0.765 bits per heavy atom. The van der Waals surface area contributed by atoms with E-state index in [1.54, 1.807) is 26.0 Å². The van der Waals surface area contributed by atoms with E-state index in [1.165, 1.54) is 11.1 Å². The summed E-state index contributed by atoms with van der Waals surface area (Å²) in [6.07, 6.45) is 0. The quantitative estimate of drug-likeness (QED) is 0.155. The van der Waals surface area contributed by atoms with Crippen LogP contribution in [0.15, 0.2) is 77.8 Å². The molecule has 0 radical (unpaired) electrons. The number of rotatable bonds is 9. The maximum atomic E-state index is 5.33. The van der Waals surface area contributed by atoms with Gasteiger partial charge in [0.1, 0.15) is 11.5 Å². The topological polar surface area (TPSA) is 37.3 Å². The average Bonchev–Trinajstić information content (AvgIpc) is 2.84. The first-order chi connectivity index (χ1) is 16.0. The van der Waals surface area contributed by atoms with E-state index in [4.69, 9.17) is 14.5 Å². The van der Waals surface area contributed by atoms with Crippen molar-refractivity contribution in [2.75, 3.05) is 39.0 Å². The molecule has 5 nitrogen and oxygen atoms in total. The molecule has 0 amide bonds. The first-order valence-corrected chi connectivity index (χ1v) is 12.0. The first-order valence-electron chi connectivity index (χ1n) is 11.0. The minimum absolute atomic E-state index is 0. The molecule has 34 heavy (non-hydrogen) atoms. The van der Waals surface area contributed by atoms with Gasteiger partial charge in [-0.05, 0) is 65.4 Å². The van der Waals surface area contributed by atoms with E-state index < -0.39 is 0 Å². The lowest BCUT2D eigenvalue weighted by Gasteiger charge is -2.26. The molecule has 0 aromatic heterocycles. The van der Waals surface area contributed by atoms with Crippen LogP contribution in [0.1, 0.15) is 18.1 Å². The number of ether oxygens (including phenoxy) is 2. The molecule has 182 valence electrons. The van der Waals surface area contributed by atoms with Crippen molar-refractivity contribution in [2.45, 2.75) is 20.0 Å². The second-order valence-corrected chi connectivity index (χ2v) is 9.02.